The highest BCUT2D eigenvalue weighted by molar-refractivity contribution is 6.35. The summed E-state index contributed by atoms with van der Waals surface area (Å²) in [6.45, 7) is 1.79. The van der Waals surface area contributed by atoms with Crippen LogP contribution < -0.4 is 10.2 Å². The Morgan fingerprint density at radius 3 is 2.76 bits per heavy atom. The molecule has 0 spiro atoms. The molecular weight excluding hydrogens is 313 g/mol. The number of hydrogen-bond acceptors (Lipinski definition) is 4. The highest BCUT2D eigenvalue weighted by Crippen LogP contribution is 2.27. The molecule has 5 nitrogen and oxygen atoms in total. The Bertz CT molecular complexity index is 539. The van der Waals surface area contributed by atoms with E-state index in [2.05, 4.69) is 22.5 Å². The Kier molecular flexibility index (Phi) is 5.85. The van der Waals surface area contributed by atoms with Crippen molar-refractivity contribution in [1.82, 2.24) is 10.3 Å². The number of amides is 1. The van der Waals surface area contributed by atoms with E-state index in [0.717, 1.165) is 31.6 Å². The zero-order chi connectivity index (χ0) is 15.2. The van der Waals surface area contributed by atoms with Crippen molar-refractivity contribution in [2.45, 2.75) is 12.8 Å². The van der Waals surface area contributed by atoms with Crippen molar-refractivity contribution in [3.63, 3.8) is 0 Å². The summed E-state index contributed by atoms with van der Waals surface area (Å²) in [6.07, 6.45) is 1.75. The number of benzene rings is 1. The molecular formula is C14H17Cl2N3O2. The topological polar surface area (TPSA) is 53.9 Å². The smallest absolute Gasteiger partial charge is 0.277 e. The number of carbonyl (C=O) groups is 1. The van der Waals surface area contributed by atoms with E-state index in [1.165, 1.54) is 0 Å². The van der Waals surface area contributed by atoms with Gasteiger partial charge >= 0.3 is 0 Å². The van der Waals surface area contributed by atoms with Crippen molar-refractivity contribution >= 4 is 34.8 Å². The normalized spacial score (nSPS) is 15.7. The van der Waals surface area contributed by atoms with Gasteiger partial charge in [0.25, 0.3) is 5.91 Å². The number of carbonyl (C=O) groups excluding carboxylic acids is 1. The van der Waals surface area contributed by atoms with Crippen molar-refractivity contribution < 1.29 is 9.53 Å². The van der Waals surface area contributed by atoms with Crippen molar-refractivity contribution in [3.05, 3.63) is 28.2 Å². The van der Waals surface area contributed by atoms with Gasteiger partial charge in [0.2, 0.25) is 0 Å². The summed E-state index contributed by atoms with van der Waals surface area (Å²) in [7, 11) is 2.07. The number of likely N-dealkylation sites (tertiary alicyclic amines) is 1. The maximum absolute atomic E-state index is 11.7. The van der Waals surface area contributed by atoms with Crippen LogP contribution in [0.2, 0.25) is 10.0 Å². The van der Waals surface area contributed by atoms with Gasteiger partial charge in [0.1, 0.15) is 5.75 Å². The fraction of sp³-hybridized carbons (Fsp3) is 0.429. The van der Waals surface area contributed by atoms with E-state index >= 15 is 0 Å². The van der Waals surface area contributed by atoms with Crippen molar-refractivity contribution in [1.29, 1.82) is 0 Å². The van der Waals surface area contributed by atoms with Gasteiger partial charge in [-0.3, -0.25) is 4.79 Å². The highest BCUT2D eigenvalue weighted by atomic mass is 35.5. The van der Waals surface area contributed by atoms with Gasteiger partial charge in [-0.25, -0.2) is 5.43 Å². The molecule has 7 heteroatoms. The lowest BCUT2D eigenvalue weighted by atomic mass is 10.1. The average Bonchev–Trinajstić information content (AvgIpc) is 2.46. The maximum Gasteiger partial charge on any atom is 0.277 e. The number of nitrogens with one attached hydrogen (secondary N) is 1. The van der Waals surface area contributed by atoms with Gasteiger partial charge in [-0.15, -0.1) is 0 Å². The Morgan fingerprint density at radius 1 is 1.38 bits per heavy atom. The summed E-state index contributed by atoms with van der Waals surface area (Å²) < 4.78 is 5.33. The summed E-state index contributed by atoms with van der Waals surface area (Å²) in [5.41, 5.74) is 3.51. The summed E-state index contributed by atoms with van der Waals surface area (Å²) in [4.78, 5) is 13.9. The Hall–Kier alpha value is -1.30. The lowest BCUT2D eigenvalue weighted by Crippen LogP contribution is -2.32. The number of halogens is 2. The minimum atomic E-state index is -0.313. The van der Waals surface area contributed by atoms with Gasteiger partial charge in [0.15, 0.2) is 6.61 Å². The molecule has 0 aliphatic carbocycles. The number of rotatable bonds is 4. The lowest BCUT2D eigenvalue weighted by molar-refractivity contribution is -0.123. The van der Waals surface area contributed by atoms with Crippen molar-refractivity contribution in [2.75, 3.05) is 26.7 Å². The molecule has 0 radical (unpaired) electrons. The summed E-state index contributed by atoms with van der Waals surface area (Å²) in [5.74, 6) is 0.107. The fourth-order valence-electron chi connectivity index (χ4n) is 1.90. The van der Waals surface area contributed by atoms with E-state index in [1.807, 2.05) is 0 Å². The number of hydrogen-bond donors (Lipinski definition) is 1. The van der Waals surface area contributed by atoms with Gasteiger partial charge in [-0.1, -0.05) is 23.2 Å². The van der Waals surface area contributed by atoms with Crippen LogP contribution in [0.3, 0.4) is 0 Å². The first-order valence-electron chi connectivity index (χ1n) is 6.65. The van der Waals surface area contributed by atoms with Gasteiger partial charge in [0.05, 0.1) is 5.02 Å². The Labute approximate surface area is 133 Å². The van der Waals surface area contributed by atoms with Gasteiger partial charge < -0.3 is 9.64 Å². The maximum atomic E-state index is 11.7. The molecule has 0 unspecified atom stereocenters. The standard InChI is InChI=1S/C14H17Cl2N3O2/c1-19-6-4-11(5-7-19)17-18-14(20)9-21-13-3-2-10(15)8-12(13)16/h2-3,8H,4-7,9H2,1H3,(H,18,20). The van der Waals surface area contributed by atoms with Crippen LogP contribution in [0.1, 0.15) is 12.8 Å². The molecule has 1 aliphatic rings. The van der Waals surface area contributed by atoms with E-state index in [-0.39, 0.29) is 12.5 Å². The molecule has 1 aliphatic heterocycles. The second-order valence-electron chi connectivity index (χ2n) is 4.88. The van der Waals surface area contributed by atoms with E-state index in [1.54, 1.807) is 18.2 Å². The summed E-state index contributed by atoms with van der Waals surface area (Å²) in [5, 5.41) is 5.01. The first-order valence-corrected chi connectivity index (χ1v) is 7.41. The molecule has 114 valence electrons. The van der Waals surface area contributed by atoms with E-state index < -0.39 is 0 Å². The van der Waals surface area contributed by atoms with Crippen molar-refractivity contribution in [2.24, 2.45) is 5.10 Å². The van der Waals surface area contributed by atoms with Gasteiger partial charge in [-0.05, 0) is 25.2 Å². The fourth-order valence-corrected chi connectivity index (χ4v) is 2.36. The highest BCUT2D eigenvalue weighted by Gasteiger charge is 2.12. The number of ether oxygens (including phenoxy) is 1. The second kappa shape index (κ2) is 7.64. The Balaban J connectivity index is 1.78. The molecule has 1 amide bonds. The molecule has 1 heterocycles. The third kappa shape index (κ3) is 5.19. The Morgan fingerprint density at radius 2 is 2.10 bits per heavy atom. The minimum absolute atomic E-state index is 0.141. The van der Waals surface area contributed by atoms with Gasteiger partial charge in [0, 0.05) is 36.7 Å². The number of nitrogens with zero attached hydrogens (tertiary/aromatic N) is 2. The molecule has 21 heavy (non-hydrogen) atoms. The monoisotopic (exact) mass is 329 g/mol. The van der Waals surface area contributed by atoms with Crippen molar-refractivity contribution in [3.8, 4) is 5.75 Å². The minimum Gasteiger partial charge on any atom is -0.482 e. The molecule has 1 aromatic rings. The van der Waals surface area contributed by atoms with Crippen LogP contribution in [0.5, 0.6) is 5.75 Å². The molecule has 1 fully saturated rings. The molecule has 1 aromatic carbocycles. The third-order valence-corrected chi connectivity index (χ3v) is 3.69. The van der Waals surface area contributed by atoms with Crippen LogP contribution >= 0.6 is 23.2 Å². The zero-order valence-corrected chi connectivity index (χ0v) is 13.2. The first-order chi connectivity index (χ1) is 10.0. The van der Waals surface area contributed by atoms with Crippen LogP contribution in [0.4, 0.5) is 0 Å². The van der Waals surface area contributed by atoms with Crippen LogP contribution in [-0.2, 0) is 4.79 Å². The molecule has 0 saturated carbocycles. The quantitative estimate of drug-likeness (QED) is 0.864. The molecule has 1 saturated heterocycles. The van der Waals surface area contributed by atoms with Crippen LogP contribution in [0.15, 0.2) is 23.3 Å². The first kappa shape index (κ1) is 16.1. The number of hydrazone groups is 1. The number of piperidine rings is 1. The van der Waals surface area contributed by atoms with Crippen LogP contribution in [-0.4, -0.2) is 43.3 Å². The predicted octanol–water partition coefficient (Wildman–Crippen LogP) is 2.57. The molecule has 2 rings (SSSR count). The zero-order valence-electron chi connectivity index (χ0n) is 11.7. The molecule has 0 bridgehead atoms. The van der Waals surface area contributed by atoms with E-state index in [4.69, 9.17) is 27.9 Å². The SMILES string of the molecule is CN1CCC(=NNC(=O)COc2ccc(Cl)cc2Cl)CC1. The molecule has 0 aromatic heterocycles. The predicted molar refractivity (Wildman–Crippen MR) is 84.3 cm³/mol. The summed E-state index contributed by atoms with van der Waals surface area (Å²) >= 11 is 11.7. The summed E-state index contributed by atoms with van der Waals surface area (Å²) in [6, 6.07) is 4.84. The average molecular weight is 330 g/mol. The van der Waals surface area contributed by atoms with Crippen LogP contribution in [0.25, 0.3) is 0 Å². The third-order valence-electron chi connectivity index (χ3n) is 3.16. The second-order valence-corrected chi connectivity index (χ2v) is 5.72. The molecule has 0 atom stereocenters. The van der Waals surface area contributed by atoms with Gasteiger partial charge in [-0.2, -0.15) is 5.10 Å². The largest absolute Gasteiger partial charge is 0.482 e. The molecule has 1 N–H and O–H groups in total. The van der Waals surface area contributed by atoms with Crippen LogP contribution in [0, 0.1) is 0 Å². The van der Waals surface area contributed by atoms with E-state index in [9.17, 15) is 4.79 Å². The lowest BCUT2D eigenvalue weighted by Gasteiger charge is -2.22. The van der Waals surface area contributed by atoms with E-state index in [0.29, 0.717) is 15.8 Å².